The third kappa shape index (κ3) is 2.90. The summed E-state index contributed by atoms with van der Waals surface area (Å²) in [5.74, 6) is 0.330. The van der Waals surface area contributed by atoms with Crippen molar-refractivity contribution in [2.45, 2.75) is 26.7 Å². The number of carbonyl (C=O) groups excluding carboxylic acids is 1. The van der Waals surface area contributed by atoms with Crippen molar-refractivity contribution in [3.8, 4) is 11.3 Å². The van der Waals surface area contributed by atoms with Crippen LogP contribution in [0.15, 0.2) is 48.7 Å². The topological polar surface area (TPSA) is 30.0 Å². The van der Waals surface area contributed by atoms with Gasteiger partial charge in [-0.05, 0) is 25.0 Å². The number of hydrogen-bond acceptors (Lipinski definition) is 2. The van der Waals surface area contributed by atoms with Crippen LogP contribution in [-0.2, 0) is 0 Å². The third-order valence-electron chi connectivity index (χ3n) is 3.49. The van der Waals surface area contributed by atoms with Crippen LogP contribution in [0.4, 0.5) is 0 Å². The first-order valence-corrected chi connectivity index (χ1v) is 6.82. The second-order valence-corrected chi connectivity index (χ2v) is 4.64. The highest BCUT2D eigenvalue weighted by atomic mass is 16.1. The molecule has 0 spiro atoms. The lowest BCUT2D eigenvalue weighted by Crippen LogP contribution is -2.14. The summed E-state index contributed by atoms with van der Waals surface area (Å²) in [6, 6.07) is 13.5. The van der Waals surface area contributed by atoms with Crippen molar-refractivity contribution >= 4 is 5.78 Å². The fourth-order valence-corrected chi connectivity index (χ4v) is 2.32. The highest BCUT2D eigenvalue weighted by molar-refractivity contribution is 6.03. The van der Waals surface area contributed by atoms with Gasteiger partial charge in [0.25, 0.3) is 0 Å². The van der Waals surface area contributed by atoms with Crippen molar-refractivity contribution in [1.82, 2.24) is 4.98 Å². The molecule has 0 N–H and O–H groups in total. The first kappa shape index (κ1) is 13.5. The number of ketones is 1. The van der Waals surface area contributed by atoms with E-state index in [1.165, 1.54) is 0 Å². The van der Waals surface area contributed by atoms with E-state index >= 15 is 0 Å². The smallest absolute Gasteiger partial charge is 0.166 e. The molecule has 0 aliphatic carbocycles. The summed E-state index contributed by atoms with van der Waals surface area (Å²) in [6.07, 6.45) is 3.52. The molecule has 0 bridgehead atoms. The molecule has 0 saturated carbocycles. The van der Waals surface area contributed by atoms with Crippen molar-refractivity contribution in [3.05, 3.63) is 54.2 Å². The number of benzene rings is 1. The van der Waals surface area contributed by atoms with Gasteiger partial charge in [0.05, 0.1) is 5.69 Å². The fourth-order valence-electron chi connectivity index (χ4n) is 2.32. The van der Waals surface area contributed by atoms with E-state index < -0.39 is 0 Å². The zero-order valence-corrected chi connectivity index (χ0v) is 11.5. The van der Waals surface area contributed by atoms with Crippen LogP contribution in [-0.4, -0.2) is 10.8 Å². The minimum Gasteiger partial charge on any atom is -0.294 e. The molecule has 2 rings (SSSR count). The molecule has 0 amide bonds. The predicted molar refractivity (Wildman–Crippen MR) is 78.1 cm³/mol. The maximum Gasteiger partial charge on any atom is 0.166 e. The first-order chi connectivity index (χ1) is 9.27. The normalized spacial score (nSPS) is 10.7. The number of pyridine rings is 1. The zero-order valence-electron chi connectivity index (χ0n) is 11.5. The molecule has 2 aromatic rings. The number of nitrogens with zero attached hydrogens (tertiary/aromatic N) is 1. The van der Waals surface area contributed by atoms with Gasteiger partial charge in [0, 0.05) is 23.2 Å². The van der Waals surface area contributed by atoms with Crippen LogP contribution >= 0.6 is 0 Å². The van der Waals surface area contributed by atoms with Crippen LogP contribution in [0, 0.1) is 5.92 Å². The standard InChI is InChI=1S/C17H19NO/c1-3-13(4-2)17(19)15-10-6-5-9-14(15)16-11-7-8-12-18-16/h5-13H,3-4H2,1-2H3. The Hall–Kier alpha value is -1.96. The van der Waals surface area contributed by atoms with Gasteiger partial charge < -0.3 is 0 Å². The maximum absolute atomic E-state index is 12.6. The van der Waals surface area contributed by atoms with Gasteiger partial charge >= 0.3 is 0 Å². The molecule has 19 heavy (non-hydrogen) atoms. The van der Waals surface area contributed by atoms with Crippen LogP contribution in [0.25, 0.3) is 11.3 Å². The molecule has 0 aliphatic rings. The summed E-state index contributed by atoms with van der Waals surface area (Å²) >= 11 is 0. The molecule has 2 nitrogen and oxygen atoms in total. The third-order valence-corrected chi connectivity index (χ3v) is 3.49. The number of aromatic nitrogens is 1. The lowest BCUT2D eigenvalue weighted by Gasteiger charge is -2.14. The van der Waals surface area contributed by atoms with Gasteiger partial charge in [-0.2, -0.15) is 0 Å². The Labute approximate surface area is 114 Å². The molecule has 0 atom stereocenters. The van der Waals surface area contributed by atoms with Gasteiger partial charge in [-0.15, -0.1) is 0 Å². The first-order valence-electron chi connectivity index (χ1n) is 6.82. The van der Waals surface area contributed by atoms with E-state index in [2.05, 4.69) is 18.8 Å². The van der Waals surface area contributed by atoms with Crippen LogP contribution in [0.5, 0.6) is 0 Å². The van der Waals surface area contributed by atoms with Gasteiger partial charge in [0.15, 0.2) is 5.78 Å². The van der Waals surface area contributed by atoms with E-state index in [9.17, 15) is 4.79 Å². The molecule has 1 heterocycles. The molecule has 0 radical (unpaired) electrons. The van der Waals surface area contributed by atoms with Crippen molar-refractivity contribution < 1.29 is 4.79 Å². The number of carbonyl (C=O) groups is 1. The number of Topliss-reactive ketones (excluding diaryl/α,β-unsaturated/α-hetero) is 1. The fraction of sp³-hybridized carbons (Fsp3) is 0.294. The Morgan fingerprint density at radius 1 is 1.05 bits per heavy atom. The van der Waals surface area contributed by atoms with E-state index in [4.69, 9.17) is 0 Å². The minimum atomic E-state index is 0.102. The second-order valence-electron chi connectivity index (χ2n) is 4.64. The van der Waals surface area contributed by atoms with Gasteiger partial charge in [-0.25, -0.2) is 0 Å². The predicted octanol–water partition coefficient (Wildman–Crippen LogP) is 4.37. The van der Waals surface area contributed by atoms with Gasteiger partial charge in [-0.3, -0.25) is 9.78 Å². The summed E-state index contributed by atoms with van der Waals surface area (Å²) in [5.41, 5.74) is 2.58. The summed E-state index contributed by atoms with van der Waals surface area (Å²) < 4.78 is 0. The average molecular weight is 253 g/mol. The van der Waals surface area contributed by atoms with Gasteiger partial charge in [0.1, 0.15) is 0 Å². The molecule has 0 unspecified atom stereocenters. The second kappa shape index (κ2) is 6.28. The van der Waals surface area contributed by atoms with Crippen LogP contribution in [0.2, 0.25) is 0 Å². The van der Waals surface area contributed by atoms with Crippen molar-refractivity contribution in [2.24, 2.45) is 5.92 Å². The average Bonchev–Trinajstić information content (AvgIpc) is 2.49. The van der Waals surface area contributed by atoms with E-state index in [-0.39, 0.29) is 11.7 Å². The highest BCUT2D eigenvalue weighted by Gasteiger charge is 2.19. The molecular weight excluding hydrogens is 234 g/mol. The zero-order chi connectivity index (χ0) is 13.7. The van der Waals surface area contributed by atoms with Gasteiger partial charge in [0.2, 0.25) is 0 Å². The Bertz CT molecular complexity index is 544. The Morgan fingerprint density at radius 3 is 2.37 bits per heavy atom. The largest absolute Gasteiger partial charge is 0.294 e. The van der Waals surface area contributed by atoms with E-state index in [1.807, 2.05) is 42.5 Å². The molecule has 98 valence electrons. The molecule has 0 saturated heterocycles. The van der Waals surface area contributed by atoms with Crippen LogP contribution in [0.1, 0.15) is 37.0 Å². The minimum absolute atomic E-state index is 0.102. The monoisotopic (exact) mass is 253 g/mol. The Morgan fingerprint density at radius 2 is 1.74 bits per heavy atom. The lowest BCUT2D eigenvalue weighted by atomic mass is 9.89. The number of rotatable bonds is 5. The van der Waals surface area contributed by atoms with Crippen molar-refractivity contribution in [2.75, 3.05) is 0 Å². The molecule has 1 aromatic heterocycles. The summed E-state index contributed by atoms with van der Waals surface area (Å²) in [4.78, 5) is 16.9. The Kier molecular flexibility index (Phi) is 4.45. The summed E-state index contributed by atoms with van der Waals surface area (Å²) in [7, 11) is 0. The van der Waals surface area contributed by atoms with Crippen molar-refractivity contribution in [3.63, 3.8) is 0 Å². The molecule has 1 aromatic carbocycles. The molecule has 2 heteroatoms. The summed E-state index contributed by atoms with van der Waals surface area (Å²) in [5, 5.41) is 0. The SMILES string of the molecule is CCC(CC)C(=O)c1ccccc1-c1ccccn1. The van der Waals surface area contributed by atoms with Gasteiger partial charge in [-0.1, -0.05) is 44.2 Å². The van der Waals surface area contributed by atoms with Crippen LogP contribution in [0.3, 0.4) is 0 Å². The quantitative estimate of drug-likeness (QED) is 0.741. The van der Waals surface area contributed by atoms with Crippen LogP contribution < -0.4 is 0 Å². The van der Waals surface area contributed by atoms with E-state index in [0.29, 0.717) is 0 Å². The molecule has 0 fully saturated rings. The van der Waals surface area contributed by atoms with E-state index in [1.54, 1.807) is 6.20 Å². The molecule has 0 aliphatic heterocycles. The Balaban J connectivity index is 2.45. The van der Waals surface area contributed by atoms with Crippen molar-refractivity contribution in [1.29, 1.82) is 0 Å². The van der Waals surface area contributed by atoms with E-state index in [0.717, 1.165) is 29.7 Å². The number of hydrogen-bond donors (Lipinski definition) is 0. The maximum atomic E-state index is 12.6. The molecular formula is C17H19NO. The summed E-state index contributed by atoms with van der Waals surface area (Å²) in [6.45, 7) is 4.13. The highest BCUT2D eigenvalue weighted by Crippen LogP contribution is 2.25. The lowest BCUT2D eigenvalue weighted by molar-refractivity contribution is 0.0914.